The lowest BCUT2D eigenvalue weighted by molar-refractivity contribution is 0.200. The predicted octanol–water partition coefficient (Wildman–Crippen LogP) is 3.34. The van der Waals surface area contributed by atoms with Crippen LogP contribution in [-0.2, 0) is 13.6 Å². The Morgan fingerprint density at radius 3 is 2.96 bits per heavy atom. The van der Waals surface area contributed by atoms with Crippen molar-refractivity contribution in [2.24, 2.45) is 7.05 Å². The first-order valence-electron chi connectivity index (χ1n) is 8.36. The van der Waals surface area contributed by atoms with Gasteiger partial charge in [0.15, 0.2) is 0 Å². The Labute approximate surface area is 141 Å². The molecule has 124 valence electrons. The second-order valence-electron chi connectivity index (χ2n) is 6.82. The van der Waals surface area contributed by atoms with Gasteiger partial charge >= 0.3 is 0 Å². The maximum atomic E-state index is 11.8. The molecule has 1 saturated heterocycles. The fourth-order valence-corrected chi connectivity index (χ4v) is 4.21. The maximum Gasteiger partial charge on any atom is 0.250 e. The van der Waals surface area contributed by atoms with Crippen molar-refractivity contribution in [3.8, 4) is 0 Å². The second-order valence-corrected chi connectivity index (χ2v) is 7.71. The number of likely N-dealkylation sites (tertiary alicyclic amines) is 1. The van der Waals surface area contributed by atoms with Crippen LogP contribution in [0.5, 0.6) is 0 Å². The third kappa shape index (κ3) is 3.90. The molecule has 0 N–H and O–H groups in total. The van der Waals surface area contributed by atoms with E-state index in [1.165, 1.54) is 23.5 Å². The normalized spacial score (nSPS) is 19.4. The Morgan fingerprint density at radius 1 is 1.43 bits per heavy atom. The number of hydrogen-bond acceptors (Lipinski definition) is 4. The van der Waals surface area contributed by atoms with Crippen molar-refractivity contribution in [1.29, 1.82) is 0 Å². The molecular formula is C18H25N3OS. The molecule has 4 nitrogen and oxygen atoms in total. The summed E-state index contributed by atoms with van der Waals surface area (Å²) < 4.78 is 1.62. The molecule has 0 spiro atoms. The highest BCUT2D eigenvalue weighted by atomic mass is 32.1. The summed E-state index contributed by atoms with van der Waals surface area (Å²) in [4.78, 5) is 19.1. The van der Waals surface area contributed by atoms with E-state index in [4.69, 9.17) is 4.98 Å². The number of aryl methyl sites for hydroxylation is 1. The van der Waals surface area contributed by atoms with Crippen LogP contribution in [0.3, 0.4) is 0 Å². The van der Waals surface area contributed by atoms with Gasteiger partial charge in [-0.3, -0.25) is 9.69 Å². The summed E-state index contributed by atoms with van der Waals surface area (Å²) in [5.41, 5.74) is 2.39. The summed E-state index contributed by atoms with van der Waals surface area (Å²) in [5, 5.41) is 3.49. The lowest BCUT2D eigenvalue weighted by atomic mass is 9.98. The van der Waals surface area contributed by atoms with E-state index in [1.54, 1.807) is 29.0 Å². The third-order valence-corrected chi connectivity index (χ3v) is 5.59. The standard InChI is InChI=1S/C18H25N3OS/c1-13(2)16-12-23-18(19-16)15-5-4-7-21(11-15)10-14-6-8-20(3)17(22)9-14/h6,8-9,12-13,15H,4-5,7,10-11H2,1-3H3/t15-/m1/s1. The Morgan fingerprint density at radius 2 is 2.26 bits per heavy atom. The molecule has 1 fully saturated rings. The molecule has 3 rings (SSSR count). The number of aromatic nitrogens is 2. The highest BCUT2D eigenvalue weighted by Crippen LogP contribution is 2.31. The molecule has 2 aromatic rings. The van der Waals surface area contributed by atoms with E-state index in [2.05, 4.69) is 24.1 Å². The van der Waals surface area contributed by atoms with Crippen molar-refractivity contribution < 1.29 is 0 Å². The minimum Gasteiger partial charge on any atom is -0.319 e. The third-order valence-electron chi connectivity index (χ3n) is 4.56. The molecule has 0 saturated carbocycles. The van der Waals surface area contributed by atoms with Gasteiger partial charge in [0.2, 0.25) is 0 Å². The molecule has 1 aliphatic rings. The molecule has 0 bridgehead atoms. The average molecular weight is 331 g/mol. The first-order valence-corrected chi connectivity index (χ1v) is 9.24. The molecule has 0 aliphatic carbocycles. The Kier molecular flexibility index (Phi) is 4.97. The van der Waals surface area contributed by atoms with Gasteiger partial charge in [0.25, 0.3) is 5.56 Å². The predicted molar refractivity (Wildman–Crippen MR) is 95.1 cm³/mol. The fourth-order valence-electron chi connectivity index (χ4n) is 3.10. The molecule has 1 atom stereocenters. The molecule has 2 aromatic heterocycles. The summed E-state index contributed by atoms with van der Waals surface area (Å²) in [6.07, 6.45) is 4.28. The van der Waals surface area contributed by atoms with E-state index >= 15 is 0 Å². The number of nitrogens with zero attached hydrogens (tertiary/aromatic N) is 3. The van der Waals surface area contributed by atoms with Gasteiger partial charge in [0.05, 0.1) is 10.7 Å². The molecule has 0 amide bonds. The molecule has 0 radical (unpaired) electrons. The first-order chi connectivity index (χ1) is 11.0. The summed E-state index contributed by atoms with van der Waals surface area (Å²) in [6, 6.07) is 3.80. The van der Waals surface area contributed by atoms with Crippen molar-refractivity contribution in [3.63, 3.8) is 0 Å². The Balaban J connectivity index is 1.67. The van der Waals surface area contributed by atoms with Crippen LogP contribution >= 0.6 is 11.3 Å². The Hall–Kier alpha value is -1.46. The monoisotopic (exact) mass is 331 g/mol. The van der Waals surface area contributed by atoms with Crippen LogP contribution in [0.1, 0.15) is 54.8 Å². The van der Waals surface area contributed by atoms with Crippen LogP contribution in [0.25, 0.3) is 0 Å². The molecule has 0 aromatic carbocycles. The molecule has 1 aliphatic heterocycles. The highest BCUT2D eigenvalue weighted by molar-refractivity contribution is 7.09. The van der Waals surface area contributed by atoms with Crippen LogP contribution in [0.15, 0.2) is 28.5 Å². The lowest BCUT2D eigenvalue weighted by Gasteiger charge is -2.31. The zero-order valence-corrected chi connectivity index (χ0v) is 15.0. The van der Waals surface area contributed by atoms with Crippen molar-refractivity contribution in [2.75, 3.05) is 13.1 Å². The quantitative estimate of drug-likeness (QED) is 0.862. The van der Waals surface area contributed by atoms with Gasteiger partial charge in [0, 0.05) is 43.7 Å². The van der Waals surface area contributed by atoms with Gasteiger partial charge in [-0.1, -0.05) is 13.8 Å². The molecule has 3 heterocycles. The number of piperidine rings is 1. The number of thiazole rings is 1. The van der Waals surface area contributed by atoms with Crippen molar-refractivity contribution in [3.05, 3.63) is 50.3 Å². The molecule has 5 heteroatoms. The van der Waals surface area contributed by atoms with E-state index in [0.29, 0.717) is 11.8 Å². The van der Waals surface area contributed by atoms with E-state index in [1.807, 2.05) is 12.3 Å². The van der Waals surface area contributed by atoms with Crippen LogP contribution in [0.4, 0.5) is 0 Å². The van der Waals surface area contributed by atoms with Gasteiger partial charge in [-0.25, -0.2) is 4.98 Å². The van der Waals surface area contributed by atoms with Crippen molar-refractivity contribution in [1.82, 2.24) is 14.5 Å². The van der Waals surface area contributed by atoms with E-state index < -0.39 is 0 Å². The highest BCUT2D eigenvalue weighted by Gasteiger charge is 2.24. The lowest BCUT2D eigenvalue weighted by Crippen LogP contribution is -2.34. The SMILES string of the molecule is CC(C)c1csc([C@@H]2CCCN(Cc3ccn(C)c(=O)c3)C2)n1. The van der Waals surface area contributed by atoms with Gasteiger partial charge < -0.3 is 4.57 Å². The maximum absolute atomic E-state index is 11.8. The number of pyridine rings is 1. The molecular weight excluding hydrogens is 306 g/mol. The summed E-state index contributed by atoms with van der Waals surface area (Å²) in [7, 11) is 1.79. The zero-order valence-electron chi connectivity index (χ0n) is 14.2. The number of rotatable bonds is 4. The summed E-state index contributed by atoms with van der Waals surface area (Å²) in [6.45, 7) is 7.40. The van der Waals surface area contributed by atoms with Gasteiger partial charge in [-0.05, 0) is 36.9 Å². The smallest absolute Gasteiger partial charge is 0.250 e. The second kappa shape index (κ2) is 6.97. The topological polar surface area (TPSA) is 38.1 Å². The minimum atomic E-state index is 0.0672. The number of hydrogen-bond donors (Lipinski definition) is 0. The average Bonchev–Trinajstić information content (AvgIpc) is 3.01. The van der Waals surface area contributed by atoms with E-state index in [0.717, 1.165) is 25.2 Å². The van der Waals surface area contributed by atoms with Gasteiger partial charge in [-0.2, -0.15) is 0 Å². The zero-order chi connectivity index (χ0) is 16.4. The van der Waals surface area contributed by atoms with E-state index in [9.17, 15) is 4.79 Å². The van der Waals surface area contributed by atoms with Crippen LogP contribution in [0.2, 0.25) is 0 Å². The Bertz CT molecular complexity index is 719. The van der Waals surface area contributed by atoms with Crippen LogP contribution < -0.4 is 5.56 Å². The van der Waals surface area contributed by atoms with Crippen LogP contribution in [0, 0.1) is 0 Å². The molecule has 23 heavy (non-hydrogen) atoms. The van der Waals surface area contributed by atoms with Crippen molar-refractivity contribution in [2.45, 2.75) is 45.1 Å². The van der Waals surface area contributed by atoms with Crippen LogP contribution in [-0.4, -0.2) is 27.5 Å². The van der Waals surface area contributed by atoms with Crippen molar-refractivity contribution >= 4 is 11.3 Å². The van der Waals surface area contributed by atoms with E-state index in [-0.39, 0.29) is 5.56 Å². The summed E-state index contributed by atoms with van der Waals surface area (Å²) >= 11 is 1.81. The fraction of sp³-hybridized carbons (Fsp3) is 0.556. The summed E-state index contributed by atoms with van der Waals surface area (Å²) in [5.74, 6) is 1.04. The van der Waals surface area contributed by atoms with Gasteiger partial charge in [0.1, 0.15) is 0 Å². The largest absolute Gasteiger partial charge is 0.319 e. The first kappa shape index (κ1) is 16.4. The molecule has 0 unspecified atom stereocenters. The minimum absolute atomic E-state index is 0.0672. The van der Waals surface area contributed by atoms with Gasteiger partial charge in [-0.15, -0.1) is 11.3 Å².